The van der Waals surface area contributed by atoms with E-state index in [1.807, 2.05) is 13.0 Å². The summed E-state index contributed by atoms with van der Waals surface area (Å²) in [6.07, 6.45) is 8.71. The first kappa shape index (κ1) is 25.3. The van der Waals surface area contributed by atoms with Crippen LogP contribution >= 0.6 is 11.8 Å². The van der Waals surface area contributed by atoms with Gasteiger partial charge in [-0.25, -0.2) is 9.67 Å². The summed E-state index contributed by atoms with van der Waals surface area (Å²) in [6.45, 7) is 6.52. The number of hydrogen-bond donors (Lipinski definition) is 3. The molecule has 9 heteroatoms. The molecule has 0 aromatic carbocycles. The number of aromatic nitrogens is 3. The molecule has 3 rings (SSSR count). The van der Waals surface area contributed by atoms with Crippen LogP contribution in [0.15, 0.2) is 51.5 Å². The van der Waals surface area contributed by atoms with Crippen LogP contribution in [0.2, 0.25) is 0 Å². The van der Waals surface area contributed by atoms with Crippen molar-refractivity contribution < 1.29 is 4.74 Å². The molecule has 5 N–H and O–H groups in total. The molecule has 2 aromatic rings. The number of hydrogen-bond acceptors (Lipinski definition) is 8. The van der Waals surface area contributed by atoms with Crippen LogP contribution in [0, 0.1) is 11.3 Å². The van der Waals surface area contributed by atoms with Gasteiger partial charge in [0.25, 0.3) is 5.56 Å². The second-order valence-electron chi connectivity index (χ2n) is 8.28. The predicted octanol–water partition coefficient (Wildman–Crippen LogP) is 4.11. The summed E-state index contributed by atoms with van der Waals surface area (Å²) in [5.74, 6) is 1.11. The Hall–Kier alpha value is -3.33. The Morgan fingerprint density at radius 2 is 2.18 bits per heavy atom. The van der Waals surface area contributed by atoms with E-state index in [0.717, 1.165) is 27.4 Å². The molecule has 0 saturated heterocycles. The van der Waals surface area contributed by atoms with Gasteiger partial charge in [-0.05, 0) is 55.7 Å². The normalized spacial score (nSPS) is 16.8. The Kier molecular flexibility index (Phi) is 8.33. The van der Waals surface area contributed by atoms with Gasteiger partial charge >= 0.3 is 0 Å². The minimum atomic E-state index is -0.112. The highest BCUT2D eigenvalue weighted by Gasteiger charge is 2.24. The standard InChI is InChI=1S/C25H32N6O2S/c1-5-19(12-17(27)10-11-26)34-23-16(3)15(2)6-8-20-21(23)13-29-31(25(20)32)14-18-7-9-22(33-4)24(28)30-18/h5,7,9-11,13,15,26H,6,8,12,14,27H2,1-4H3,(H2,28,30)/b17-10?,19-5+,26-11?. The lowest BCUT2D eigenvalue weighted by atomic mass is 9.98. The van der Waals surface area contributed by atoms with Crippen molar-refractivity contribution in [2.24, 2.45) is 11.7 Å². The van der Waals surface area contributed by atoms with Gasteiger partial charge in [-0.15, -0.1) is 0 Å². The van der Waals surface area contributed by atoms with Crippen LogP contribution in [-0.4, -0.2) is 28.1 Å². The number of anilines is 1. The van der Waals surface area contributed by atoms with Gasteiger partial charge in [0.2, 0.25) is 0 Å². The van der Waals surface area contributed by atoms with Crippen LogP contribution in [0.1, 0.15) is 50.4 Å². The molecule has 1 atom stereocenters. The molecule has 0 aliphatic heterocycles. The van der Waals surface area contributed by atoms with E-state index in [-0.39, 0.29) is 17.9 Å². The number of fused-ring (bicyclic) bond motifs is 1. The Balaban J connectivity index is 1.99. The number of rotatable bonds is 8. The first-order valence-electron chi connectivity index (χ1n) is 11.2. The smallest absolute Gasteiger partial charge is 0.270 e. The zero-order valence-electron chi connectivity index (χ0n) is 20.1. The summed E-state index contributed by atoms with van der Waals surface area (Å²) >= 11 is 1.63. The summed E-state index contributed by atoms with van der Waals surface area (Å²) in [4.78, 5) is 19.9. The Morgan fingerprint density at radius 1 is 1.41 bits per heavy atom. The highest BCUT2D eigenvalue weighted by atomic mass is 32.2. The minimum absolute atomic E-state index is 0.112. The Labute approximate surface area is 204 Å². The first-order valence-corrected chi connectivity index (χ1v) is 12.0. The number of methoxy groups -OCH3 is 1. The van der Waals surface area contributed by atoms with Crippen molar-refractivity contribution in [3.63, 3.8) is 0 Å². The quantitative estimate of drug-likeness (QED) is 0.484. The molecule has 0 saturated carbocycles. The van der Waals surface area contributed by atoms with Crippen LogP contribution in [0.4, 0.5) is 5.82 Å². The van der Waals surface area contributed by atoms with Crippen molar-refractivity contribution in [1.82, 2.24) is 14.8 Å². The summed E-state index contributed by atoms with van der Waals surface area (Å²) in [5, 5.41) is 11.7. The van der Waals surface area contributed by atoms with Gasteiger partial charge < -0.3 is 21.6 Å². The van der Waals surface area contributed by atoms with Gasteiger partial charge in [-0.1, -0.05) is 30.3 Å². The number of nitrogens with zero attached hydrogens (tertiary/aromatic N) is 3. The second-order valence-corrected chi connectivity index (χ2v) is 9.42. The summed E-state index contributed by atoms with van der Waals surface area (Å²) < 4.78 is 6.61. The lowest BCUT2D eigenvalue weighted by Crippen LogP contribution is -2.28. The van der Waals surface area contributed by atoms with Crippen LogP contribution < -0.4 is 21.8 Å². The molecule has 0 spiro atoms. The molecule has 2 aromatic heterocycles. The third-order valence-corrected chi connectivity index (χ3v) is 7.41. The minimum Gasteiger partial charge on any atom is -0.493 e. The van der Waals surface area contributed by atoms with E-state index in [2.05, 4.69) is 23.9 Å². The molecule has 2 heterocycles. The zero-order chi connectivity index (χ0) is 24.8. The van der Waals surface area contributed by atoms with Crippen molar-refractivity contribution in [3.05, 3.63) is 73.8 Å². The fraction of sp³-hybridized carbons (Fsp3) is 0.360. The van der Waals surface area contributed by atoms with E-state index >= 15 is 0 Å². The number of pyridine rings is 1. The van der Waals surface area contributed by atoms with Gasteiger partial charge in [-0.2, -0.15) is 5.10 Å². The van der Waals surface area contributed by atoms with Crippen molar-refractivity contribution in [2.45, 2.75) is 46.6 Å². The molecule has 0 fully saturated rings. The van der Waals surface area contributed by atoms with E-state index in [1.54, 1.807) is 36.2 Å². The maximum Gasteiger partial charge on any atom is 0.270 e. The number of allylic oxidation sites excluding steroid dienone is 4. The average molecular weight is 481 g/mol. The largest absolute Gasteiger partial charge is 0.493 e. The van der Waals surface area contributed by atoms with Crippen molar-refractivity contribution in [3.8, 4) is 5.75 Å². The monoisotopic (exact) mass is 480 g/mol. The Morgan fingerprint density at radius 3 is 2.82 bits per heavy atom. The number of nitrogens with two attached hydrogens (primary N) is 2. The Bertz CT molecular complexity index is 1230. The lowest BCUT2D eigenvalue weighted by Gasteiger charge is -2.17. The molecule has 0 bridgehead atoms. The molecule has 1 unspecified atom stereocenters. The molecule has 0 amide bonds. The van der Waals surface area contributed by atoms with Gasteiger partial charge in [0, 0.05) is 34.4 Å². The summed E-state index contributed by atoms with van der Waals surface area (Å²) in [6, 6.07) is 3.53. The van der Waals surface area contributed by atoms with Crippen LogP contribution in [-0.2, 0) is 13.0 Å². The van der Waals surface area contributed by atoms with Crippen LogP contribution in [0.3, 0.4) is 0 Å². The molecule has 1 aliphatic carbocycles. The zero-order valence-corrected chi connectivity index (χ0v) is 20.9. The lowest BCUT2D eigenvalue weighted by molar-refractivity contribution is 0.415. The van der Waals surface area contributed by atoms with Crippen LogP contribution in [0.25, 0.3) is 4.91 Å². The van der Waals surface area contributed by atoms with Gasteiger partial charge in [-0.3, -0.25) is 4.79 Å². The maximum absolute atomic E-state index is 13.5. The van der Waals surface area contributed by atoms with Gasteiger partial charge in [0.05, 0.1) is 25.5 Å². The summed E-state index contributed by atoms with van der Waals surface area (Å²) in [5.41, 5.74) is 16.0. The van der Waals surface area contributed by atoms with Gasteiger partial charge in [0.15, 0.2) is 11.6 Å². The highest BCUT2D eigenvalue weighted by Crippen LogP contribution is 2.43. The maximum atomic E-state index is 13.5. The molecule has 180 valence electrons. The van der Waals surface area contributed by atoms with E-state index in [1.165, 1.54) is 23.6 Å². The van der Waals surface area contributed by atoms with Crippen molar-refractivity contribution in [1.29, 1.82) is 5.41 Å². The average Bonchev–Trinajstić information content (AvgIpc) is 2.93. The molecule has 34 heavy (non-hydrogen) atoms. The number of ether oxygens (including phenoxy) is 1. The van der Waals surface area contributed by atoms with Crippen LogP contribution in [0.5, 0.6) is 5.75 Å². The topological polar surface area (TPSA) is 133 Å². The fourth-order valence-electron chi connectivity index (χ4n) is 3.84. The van der Waals surface area contributed by atoms with E-state index < -0.39 is 0 Å². The molecular formula is C25H32N6O2S. The van der Waals surface area contributed by atoms with Crippen molar-refractivity contribution in [2.75, 3.05) is 12.8 Å². The molecule has 1 aliphatic rings. The first-order chi connectivity index (χ1) is 16.3. The molecule has 0 radical (unpaired) electrons. The summed E-state index contributed by atoms with van der Waals surface area (Å²) in [7, 11) is 1.54. The molecular weight excluding hydrogens is 448 g/mol. The number of thioether (sulfide) groups is 1. The SMILES string of the molecule is C/C=C(\CC(N)=CC=N)SC1=C(C)C(C)CCc2c1cnn(Cc1ccc(OC)c(N)n1)c2=O. The fourth-order valence-corrected chi connectivity index (χ4v) is 5.11. The van der Waals surface area contributed by atoms with E-state index in [0.29, 0.717) is 35.9 Å². The third-order valence-electron chi connectivity index (χ3n) is 6.02. The van der Waals surface area contributed by atoms with Gasteiger partial charge in [0.1, 0.15) is 0 Å². The molecule has 8 nitrogen and oxygen atoms in total. The number of nitrogen functional groups attached to an aromatic ring is 1. The number of nitrogens with one attached hydrogen (secondary N) is 1. The van der Waals surface area contributed by atoms with E-state index in [9.17, 15) is 4.79 Å². The second kappa shape index (κ2) is 11.2. The predicted molar refractivity (Wildman–Crippen MR) is 140 cm³/mol. The van der Waals surface area contributed by atoms with E-state index in [4.69, 9.17) is 21.6 Å². The van der Waals surface area contributed by atoms with Crippen molar-refractivity contribution >= 4 is 28.7 Å². The highest BCUT2D eigenvalue weighted by molar-refractivity contribution is 8.11. The third kappa shape index (κ3) is 5.59.